The molecule has 3 N–H and O–H groups in total. The van der Waals surface area contributed by atoms with Crippen LogP contribution in [0, 0.1) is 5.92 Å². The van der Waals surface area contributed by atoms with Gasteiger partial charge in [0.1, 0.15) is 19.3 Å². The number of hydrogen-bond donors (Lipinski definition) is 3. The Kier molecular flexibility index (Phi) is 68.7. The molecule has 0 aromatic heterocycles. The van der Waals surface area contributed by atoms with Crippen molar-refractivity contribution in [3.8, 4) is 0 Å². The number of hydrogen-bond acceptors (Lipinski definition) is 15. The Labute approximate surface area is 588 Å². The summed E-state index contributed by atoms with van der Waals surface area (Å²) < 4.78 is 68.4. The van der Waals surface area contributed by atoms with E-state index >= 15 is 0 Å². The van der Waals surface area contributed by atoms with Crippen molar-refractivity contribution in [1.82, 2.24) is 0 Å². The minimum absolute atomic E-state index is 0.105. The van der Waals surface area contributed by atoms with Crippen LogP contribution in [0.2, 0.25) is 0 Å². The predicted octanol–water partition coefficient (Wildman–Crippen LogP) is 22.9. The summed E-state index contributed by atoms with van der Waals surface area (Å²) in [7, 11) is -9.90. The number of aliphatic hydroxyl groups is 1. The van der Waals surface area contributed by atoms with Crippen molar-refractivity contribution >= 4 is 39.5 Å². The molecule has 0 aromatic rings. The van der Waals surface area contributed by atoms with Crippen LogP contribution >= 0.6 is 15.6 Å². The number of aliphatic hydroxyl groups excluding tert-OH is 1. The number of phosphoric acid groups is 2. The lowest BCUT2D eigenvalue weighted by molar-refractivity contribution is -0.161. The Hall–Kier alpha value is -1.94. The lowest BCUT2D eigenvalue weighted by Crippen LogP contribution is -2.30. The molecule has 0 aliphatic carbocycles. The van der Waals surface area contributed by atoms with Crippen LogP contribution in [0.25, 0.3) is 0 Å². The van der Waals surface area contributed by atoms with Crippen molar-refractivity contribution in [3.05, 3.63) is 0 Å². The van der Waals surface area contributed by atoms with Gasteiger partial charge in [0.2, 0.25) is 0 Å². The zero-order valence-electron chi connectivity index (χ0n) is 62.5. The standard InChI is InChI=1S/C77H150O17P2/c1-6-9-12-15-18-20-22-24-26-28-29-30-31-33-35-37-39-41-47-52-57-62-76(81)93-73(67-88-75(80)61-56-51-46-40-38-36-34-32-27-25-23-21-19-16-13-10-7-2)69-92-96(85,86)90-65-71(78)64-89-95(83,84)91-68-72(66-87-74(79)60-55-50-44-17-14-11-8-3)94-77(82)63-58-53-48-43-42-45-49-54-59-70(4)5/h70-73,78H,6-69H2,1-5H3,(H,83,84)(H,85,86)/t71-,72+,73+/m0/s1. The molecule has 0 radical (unpaired) electrons. The normalized spacial score (nSPS) is 13.9. The molecule has 2 unspecified atom stereocenters. The fourth-order valence-electron chi connectivity index (χ4n) is 11.9. The summed E-state index contributed by atoms with van der Waals surface area (Å²) in [6.07, 6.45) is 60.0. The molecular weight excluding hydrogens is 1260 g/mol. The maximum absolute atomic E-state index is 13.1. The zero-order valence-corrected chi connectivity index (χ0v) is 64.3. The Morgan fingerprint density at radius 2 is 0.479 bits per heavy atom. The van der Waals surface area contributed by atoms with Gasteiger partial charge < -0.3 is 33.8 Å². The third kappa shape index (κ3) is 70.5. The number of carbonyl (C=O) groups excluding carboxylic acids is 4. The van der Waals surface area contributed by atoms with Gasteiger partial charge in [-0.1, -0.05) is 356 Å². The topological polar surface area (TPSA) is 237 Å². The summed E-state index contributed by atoms with van der Waals surface area (Å²) in [6.45, 7) is 7.21. The minimum atomic E-state index is -4.96. The Bertz CT molecular complexity index is 1840. The molecule has 570 valence electrons. The number of esters is 4. The van der Waals surface area contributed by atoms with Gasteiger partial charge in [-0.15, -0.1) is 0 Å². The van der Waals surface area contributed by atoms with Crippen LogP contribution < -0.4 is 0 Å². The minimum Gasteiger partial charge on any atom is -0.462 e. The zero-order chi connectivity index (χ0) is 70.5. The Morgan fingerprint density at radius 1 is 0.281 bits per heavy atom. The van der Waals surface area contributed by atoms with Gasteiger partial charge in [-0.3, -0.25) is 37.3 Å². The van der Waals surface area contributed by atoms with Crippen LogP contribution in [0.15, 0.2) is 0 Å². The molecule has 17 nitrogen and oxygen atoms in total. The van der Waals surface area contributed by atoms with Crippen LogP contribution in [0.5, 0.6) is 0 Å². The monoisotopic (exact) mass is 1410 g/mol. The van der Waals surface area contributed by atoms with E-state index in [1.54, 1.807) is 0 Å². The number of ether oxygens (including phenoxy) is 4. The van der Waals surface area contributed by atoms with Crippen molar-refractivity contribution in [2.75, 3.05) is 39.6 Å². The largest absolute Gasteiger partial charge is 0.472 e. The third-order valence-corrected chi connectivity index (χ3v) is 19.9. The maximum atomic E-state index is 13.1. The van der Waals surface area contributed by atoms with Gasteiger partial charge in [-0.2, -0.15) is 0 Å². The predicted molar refractivity (Wildman–Crippen MR) is 391 cm³/mol. The van der Waals surface area contributed by atoms with Crippen LogP contribution in [-0.4, -0.2) is 96.7 Å². The highest BCUT2D eigenvalue weighted by Crippen LogP contribution is 2.45. The maximum Gasteiger partial charge on any atom is 0.472 e. The van der Waals surface area contributed by atoms with Crippen molar-refractivity contribution in [2.45, 2.75) is 425 Å². The smallest absolute Gasteiger partial charge is 0.462 e. The molecule has 0 heterocycles. The van der Waals surface area contributed by atoms with Gasteiger partial charge in [0, 0.05) is 25.7 Å². The molecule has 0 saturated heterocycles. The molecule has 0 spiro atoms. The molecule has 0 aliphatic rings. The molecular formula is C77H150O17P2. The van der Waals surface area contributed by atoms with E-state index in [1.807, 2.05) is 0 Å². The second-order valence-electron chi connectivity index (χ2n) is 28.2. The molecule has 0 rings (SSSR count). The summed E-state index contributed by atoms with van der Waals surface area (Å²) >= 11 is 0. The molecule has 0 amide bonds. The van der Waals surface area contributed by atoms with Crippen molar-refractivity contribution in [3.63, 3.8) is 0 Å². The van der Waals surface area contributed by atoms with Crippen LogP contribution in [0.1, 0.15) is 407 Å². The van der Waals surface area contributed by atoms with E-state index in [2.05, 4.69) is 34.6 Å². The SMILES string of the molecule is CCCCCCCCCCCCCCCCCCCCCCCC(=O)O[C@H](COC(=O)CCCCCCCCCCCCCCCCCCC)COP(=O)(O)OC[C@@H](O)COP(=O)(O)OC[C@@H](COC(=O)CCCCCCCCC)OC(=O)CCCCCCCCCCC(C)C. The second kappa shape index (κ2) is 70.1. The number of rotatable bonds is 77. The van der Waals surface area contributed by atoms with Crippen molar-refractivity contribution in [2.24, 2.45) is 5.92 Å². The molecule has 19 heteroatoms. The first kappa shape index (κ1) is 94.1. The van der Waals surface area contributed by atoms with Crippen LogP contribution in [0.3, 0.4) is 0 Å². The summed E-state index contributed by atoms with van der Waals surface area (Å²) in [4.78, 5) is 72.7. The average molecular weight is 1410 g/mol. The first-order chi connectivity index (χ1) is 46.5. The van der Waals surface area contributed by atoms with Gasteiger partial charge in [0.05, 0.1) is 26.4 Å². The molecule has 96 heavy (non-hydrogen) atoms. The lowest BCUT2D eigenvalue weighted by Gasteiger charge is -2.21. The summed E-state index contributed by atoms with van der Waals surface area (Å²) in [5.74, 6) is -1.40. The average Bonchev–Trinajstić information content (AvgIpc) is 1.12. The number of phosphoric ester groups is 2. The summed E-state index contributed by atoms with van der Waals surface area (Å²) in [5.41, 5.74) is 0. The second-order valence-corrected chi connectivity index (χ2v) is 31.1. The van der Waals surface area contributed by atoms with Gasteiger partial charge in [0.25, 0.3) is 0 Å². The number of carbonyl (C=O) groups is 4. The van der Waals surface area contributed by atoms with E-state index < -0.39 is 97.5 Å². The van der Waals surface area contributed by atoms with Crippen LogP contribution in [-0.2, 0) is 65.4 Å². The summed E-state index contributed by atoms with van der Waals surface area (Å²) in [5, 5.41) is 10.6. The molecule has 5 atom stereocenters. The quantitative estimate of drug-likeness (QED) is 0.0222. The highest BCUT2D eigenvalue weighted by Gasteiger charge is 2.30. The first-order valence-corrected chi connectivity index (χ1v) is 43.1. The molecule has 0 aliphatic heterocycles. The number of unbranched alkanes of at least 4 members (excludes halogenated alkanes) is 49. The Balaban J connectivity index is 5.16. The van der Waals surface area contributed by atoms with Gasteiger partial charge in [0.15, 0.2) is 12.2 Å². The van der Waals surface area contributed by atoms with Crippen molar-refractivity contribution in [1.29, 1.82) is 0 Å². The molecule has 0 saturated carbocycles. The fraction of sp³-hybridized carbons (Fsp3) is 0.948. The van der Waals surface area contributed by atoms with Gasteiger partial charge in [-0.05, 0) is 31.6 Å². The molecule has 0 bridgehead atoms. The van der Waals surface area contributed by atoms with E-state index in [1.165, 1.54) is 218 Å². The molecule has 0 aromatic carbocycles. The fourth-order valence-corrected chi connectivity index (χ4v) is 13.5. The van der Waals surface area contributed by atoms with E-state index in [9.17, 15) is 43.2 Å². The first-order valence-electron chi connectivity index (χ1n) is 40.1. The molecule has 0 fully saturated rings. The highest BCUT2D eigenvalue weighted by atomic mass is 31.2. The van der Waals surface area contributed by atoms with Crippen molar-refractivity contribution < 1.29 is 80.2 Å². The van der Waals surface area contributed by atoms with E-state index in [-0.39, 0.29) is 25.7 Å². The van der Waals surface area contributed by atoms with E-state index in [0.717, 1.165) is 109 Å². The van der Waals surface area contributed by atoms with E-state index in [4.69, 9.17) is 37.0 Å². The van der Waals surface area contributed by atoms with Gasteiger partial charge in [-0.25, -0.2) is 9.13 Å². The third-order valence-electron chi connectivity index (χ3n) is 18.0. The Morgan fingerprint density at radius 3 is 0.708 bits per heavy atom. The van der Waals surface area contributed by atoms with E-state index in [0.29, 0.717) is 25.7 Å². The van der Waals surface area contributed by atoms with Gasteiger partial charge >= 0.3 is 39.5 Å². The van der Waals surface area contributed by atoms with Crippen LogP contribution in [0.4, 0.5) is 0 Å². The summed E-state index contributed by atoms with van der Waals surface area (Å²) in [6, 6.07) is 0. The lowest BCUT2D eigenvalue weighted by atomic mass is 10.0. The highest BCUT2D eigenvalue weighted by molar-refractivity contribution is 7.47.